The van der Waals surface area contributed by atoms with E-state index in [0.29, 0.717) is 13.0 Å². The van der Waals surface area contributed by atoms with Gasteiger partial charge in [-0.2, -0.15) is 0 Å². The number of sulfonamides is 1. The average Bonchev–Trinajstić information content (AvgIpc) is 1.97. The van der Waals surface area contributed by atoms with Gasteiger partial charge >= 0.3 is 0 Å². The van der Waals surface area contributed by atoms with Crippen molar-refractivity contribution in [2.75, 3.05) is 18.9 Å². The fourth-order valence-corrected chi connectivity index (χ4v) is 2.99. The lowest BCUT2D eigenvalue weighted by atomic mass is 10.0. The zero-order valence-electron chi connectivity index (χ0n) is 10.1. The Kier molecular flexibility index (Phi) is 5.77. The van der Waals surface area contributed by atoms with E-state index in [2.05, 4.69) is 4.72 Å². The van der Waals surface area contributed by atoms with E-state index < -0.39 is 10.0 Å². The normalized spacial score (nSPS) is 15.3. The molecule has 0 aromatic carbocycles. The van der Waals surface area contributed by atoms with Crippen molar-refractivity contribution in [3.8, 4) is 0 Å². The van der Waals surface area contributed by atoms with Crippen molar-refractivity contribution < 1.29 is 13.5 Å². The van der Waals surface area contributed by atoms with E-state index in [-0.39, 0.29) is 23.7 Å². The number of aliphatic hydroxyl groups excluding tert-OH is 1. The molecule has 0 fully saturated rings. The molecule has 0 radical (unpaired) electrons. The van der Waals surface area contributed by atoms with Crippen molar-refractivity contribution in [3.63, 3.8) is 0 Å². The second-order valence-corrected chi connectivity index (χ2v) is 7.09. The van der Waals surface area contributed by atoms with E-state index in [4.69, 9.17) is 5.11 Å². The van der Waals surface area contributed by atoms with Crippen LogP contribution in [0.25, 0.3) is 0 Å². The van der Waals surface area contributed by atoms with E-state index in [9.17, 15) is 8.42 Å². The number of rotatable bonds is 6. The van der Waals surface area contributed by atoms with E-state index in [0.717, 1.165) is 0 Å². The Balaban J connectivity index is 4.06. The van der Waals surface area contributed by atoms with Gasteiger partial charge in [0.25, 0.3) is 0 Å². The van der Waals surface area contributed by atoms with Crippen molar-refractivity contribution in [1.29, 1.82) is 0 Å². The first-order valence-electron chi connectivity index (χ1n) is 5.24. The summed E-state index contributed by atoms with van der Waals surface area (Å²) >= 11 is 0. The van der Waals surface area contributed by atoms with Crippen molar-refractivity contribution in [2.24, 2.45) is 11.3 Å². The Morgan fingerprint density at radius 1 is 1.33 bits per heavy atom. The van der Waals surface area contributed by atoms with Gasteiger partial charge < -0.3 is 5.11 Å². The van der Waals surface area contributed by atoms with Gasteiger partial charge in [-0.1, -0.05) is 27.7 Å². The van der Waals surface area contributed by atoms with Gasteiger partial charge in [0.1, 0.15) is 0 Å². The standard InChI is InChI=1S/C10H23NO3S/c1-9(5-6-12)7-11-15(13,14)8-10(2,3)4/h9,11-12H,5-8H2,1-4H3. The van der Waals surface area contributed by atoms with Gasteiger partial charge in [0.2, 0.25) is 10.0 Å². The van der Waals surface area contributed by atoms with Crippen LogP contribution in [0.4, 0.5) is 0 Å². The number of aliphatic hydroxyl groups is 1. The van der Waals surface area contributed by atoms with Crippen LogP contribution in [0.3, 0.4) is 0 Å². The van der Waals surface area contributed by atoms with Crippen LogP contribution >= 0.6 is 0 Å². The molecule has 0 spiro atoms. The molecule has 5 heteroatoms. The number of hydrogen-bond acceptors (Lipinski definition) is 3. The van der Waals surface area contributed by atoms with E-state index >= 15 is 0 Å². The van der Waals surface area contributed by atoms with Crippen molar-refractivity contribution >= 4 is 10.0 Å². The maximum atomic E-state index is 11.6. The van der Waals surface area contributed by atoms with Crippen LogP contribution in [-0.4, -0.2) is 32.4 Å². The zero-order chi connectivity index (χ0) is 12.1. The van der Waals surface area contributed by atoms with Crippen LogP contribution in [-0.2, 0) is 10.0 Å². The lowest BCUT2D eigenvalue weighted by Crippen LogP contribution is -2.35. The fraction of sp³-hybridized carbons (Fsp3) is 1.00. The van der Waals surface area contributed by atoms with Crippen LogP contribution in [0.1, 0.15) is 34.1 Å². The molecule has 0 aromatic rings. The largest absolute Gasteiger partial charge is 0.396 e. The predicted octanol–water partition coefficient (Wildman–Crippen LogP) is 0.970. The van der Waals surface area contributed by atoms with E-state index in [1.807, 2.05) is 27.7 Å². The van der Waals surface area contributed by atoms with Crippen LogP contribution in [0.15, 0.2) is 0 Å². The minimum Gasteiger partial charge on any atom is -0.396 e. The SMILES string of the molecule is CC(CCO)CNS(=O)(=O)CC(C)(C)C. The molecular formula is C10H23NO3S. The van der Waals surface area contributed by atoms with Crippen LogP contribution in [0.5, 0.6) is 0 Å². The van der Waals surface area contributed by atoms with Crippen LogP contribution in [0, 0.1) is 11.3 Å². The molecule has 0 bridgehead atoms. The Morgan fingerprint density at radius 3 is 2.27 bits per heavy atom. The summed E-state index contributed by atoms with van der Waals surface area (Å²) in [5.41, 5.74) is -0.230. The summed E-state index contributed by atoms with van der Waals surface area (Å²) in [6, 6.07) is 0. The van der Waals surface area contributed by atoms with Gasteiger partial charge in [0.05, 0.1) is 5.75 Å². The molecule has 4 nitrogen and oxygen atoms in total. The molecule has 0 rings (SSSR count). The smallest absolute Gasteiger partial charge is 0.212 e. The lowest BCUT2D eigenvalue weighted by molar-refractivity contribution is 0.262. The van der Waals surface area contributed by atoms with Crippen molar-refractivity contribution in [3.05, 3.63) is 0 Å². The first-order chi connectivity index (χ1) is 6.66. The Bertz CT molecular complexity index is 267. The summed E-state index contributed by atoms with van der Waals surface area (Å²) in [6.07, 6.45) is 0.623. The van der Waals surface area contributed by atoms with Crippen molar-refractivity contribution in [1.82, 2.24) is 4.72 Å². The van der Waals surface area contributed by atoms with Gasteiger partial charge in [-0.15, -0.1) is 0 Å². The summed E-state index contributed by atoms with van der Waals surface area (Å²) in [6.45, 7) is 8.09. The topological polar surface area (TPSA) is 66.4 Å². The van der Waals surface area contributed by atoms with E-state index in [1.165, 1.54) is 0 Å². The maximum absolute atomic E-state index is 11.6. The third-order valence-electron chi connectivity index (χ3n) is 1.90. The molecule has 0 aromatic heterocycles. The molecule has 1 unspecified atom stereocenters. The highest BCUT2D eigenvalue weighted by Crippen LogP contribution is 2.15. The van der Waals surface area contributed by atoms with Gasteiger partial charge in [0.15, 0.2) is 0 Å². The average molecular weight is 237 g/mol. The van der Waals surface area contributed by atoms with Gasteiger partial charge in [-0.05, 0) is 17.8 Å². The van der Waals surface area contributed by atoms with Crippen LogP contribution in [0.2, 0.25) is 0 Å². The van der Waals surface area contributed by atoms with Gasteiger partial charge in [-0.25, -0.2) is 13.1 Å². The Morgan fingerprint density at radius 2 is 1.87 bits per heavy atom. The first kappa shape index (κ1) is 14.9. The van der Waals surface area contributed by atoms with Crippen LogP contribution < -0.4 is 4.72 Å². The monoisotopic (exact) mass is 237 g/mol. The molecular weight excluding hydrogens is 214 g/mol. The lowest BCUT2D eigenvalue weighted by Gasteiger charge is -2.19. The molecule has 2 N–H and O–H groups in total. The number of hydrogen-bond donors (Lipinski definition) is 2. The molecule has 0 heterocycles. The highest BCUT2D eigenvalue weighted by molar-refractivity contribution is 7.89. The summed E-state index contributed by atoms with van der Waals surface area (Å²) in [7, 11) is -3.18. The molecule has 0 aliphatic carbocycles. The molecule has 92 valence electrons. The molecule has 1 atom stereocenters. The second-order valence-electron chi connectivity index (χ2n) is 5.29. The Hall–Kier alpha value is -0.130. The predicted molar refractivity (Wildman–Crippen MR) is 62.1 cm³/mol. The van der Waals surface area contributed by atoms with Gasteiger partial charge in [0, 0.05) is 13.2 Å². The second kappa shape index (κ2) is 5.82. The third-order valence-corrected chi connectivity index (χ3v) is 3.75. The first-order valence-corrected chi connectivity index (χ1v) is 6.90. The molecule has 0 aliphatic heterocycles. The Labute approximate surface area is 93.1 Å². The quantitative estimate of drug-likeness (QED) is 0.723. The fourth-order valence-electron chi connectivity index (χ4n) is 1.21. The molecule has 0 aliphatic rings. The maximum Gasteiger partial charge on any atom is 0.212 e. The third kappa shape index (κ3) is 8.84. The summed E-state index contributed by atoms with van der Waals surface area (Å²) < 4.78 is 25.7. The minimum absolute atomic E-state index is 0.0994. The summed E-state index contributed by atoms with van der Waals surface area (Å²) in [5, 5.41) is 8.68. The van der Waals surface area contributed by atoms with E-state index in [1.54, 1.807) is 0 Å². The van der Waals surface area contributed by atoms with Gasteiger partial charge in [-0.3, -0.25) is 0 Å². The molecule has 15 heavy (non-hydrogen) atoms. The highest BCUT2D eigenvalue weighted by Gasteiger charge is 2.21. The molecule has 0 amide bonds. The van der Waals surface area contributed by atoms with Crippen molar-refractivity contribution in [2.45, 2.75) is 34.1 Å². The number of nitrogens with one attached hydrogen (secondary N) is 1. The molecule has 0 saturated carbocycles. The zero-order valence-corrected chi connectivity index (χ0v) is 10.9. The highest BCUT2D eigenvalue weighted by atomic mass is 32.2. The minimum atomic E-state index is -3.18. The molecule has 0 saturated heterocycles. The summed E-state index contributed by atoms with van der Waals surface area (Å²) in [5.74, 6) is 0.302. The summed E-state index contributed by atoms with van der Waals surface area (Å²) in [4.78, 5) is 0.